The van der Waals surface area contributed by atoms with Gasteiger partial charge in [0.25, 0.3) is 5.91 Å². The van der Waals surface area contributed by atoms with E-state index in [1.807, 2.05) is 13.0 Å². The number of hydrogen-bond acceptors (Lipinski definition) is 7. The summed E-state index contributed by atoms with van der Waals surface area (Å²) in [6.07, 6.45) is 2.55. The molecule has 1 amide bonds. The van der Waals surface area contributed by atoms with Gasteiger partial charge in [0.15, 0.2) is 0 Å². The molecule has 0 unspecified atom stereocenters. The van der Waals surface area contributed by atoms with Crippen molar-refractivity contribution in [2.75, 3.05) is 26.7 Å². The molecule has 9 nitrogen and oxygen atoms in total. The lowest BCUT2D eigenvalue weighted by Crippen LogP contribution is -2.50. The van der Waals surface area contributed by atoms with Crippen LogP contribution in [0.5, 0.6) is 5.75 Å². The van der Waals surface area contributed by atoms with Crippen LogP contribution in [0.25, 0.3) is 11.1 Å². The Morgan fingerprint density at radius 1 is 1.21 bits per heavy atom. The first-order chi connectivity index (χ1) is 18.1. The molecule has 0 radical (unpaired) electrons. The van der Waals surface area contributed by atoms with Gasteiger partial charge < -0.3 is 14.7 Å². The lowest BCUT2D eigenvalue weighted by Gasteiger charge is -2.37. The highest BCUT2D eigenvalue weighted by Crippen LogP contribution is 2.36. The van der Waals surface area contributed by atoms with Crippen molar-refractivity contribution in [2.45, 2.75) is 30.9 Å². The maximum Gasteiger partial charge on any atom is 0.253 e. The molecule has 4 rings (SSSR count). The number of aliphatic hydroxyl groups excluding tert-OH is 1. The number of hydrogen-bond donors (Lipinski definition) is 1. The van der Waals surface area contributed by atoms with Crippen molar-refractivity contribution in [3.8, 4) is 22.9 Å². The fourth-order valence-corrected chi connectivity index (χ4v) is 6.28. The van der Waals surface area contributed by atoms with Gasteiger partial charge in [-0.3, -0.25) is 9.78 Å². The fraction of sp³-hybridized carbons (Fsp3) is 0.321. The summed E-state index contributed by atoms with van der Waals surface area (Å²) in [5.41, 5.74) is 2.39. The molecule has 38 heavy (non-hydrogen) atoms. The number of nitrogens with zero attached hydrogens (tertiary/aromatic N) is 4. The van der Waals surface area contributed by atoms with Crippen LogP contribution in [0.1, 0.15) is 29.8 Å². The molecule has 1 aromatic heterocycles. The number of benzene rings is 2. The van der Waals surface area contributed by atoms with Crippen molar-refractivity contribution in [2.24, 2.45) is 5.92 Å². The number of ether oxygens (including phenoxy) is 1. The van der Waals surface area contributed by atoms with Crippen molar-refractivity contribution in [1.29, 1.82) is 5.26 Å². The Kier molecular flexibility index (Phi) is 8.11. The van der Waals surface area contributed by atoms with Gasteiger partial charge in [-0.2, -0.15) is 9.57 Å². The van der Waals surface area contributed by atoms with Crippen LogP contribution in [0.4, 0.5) is 0 Å². The number of sulfonamides is 1. The molecule has 2 heterocycles. The average molecular weight is 535 g/mol. The van der Waals surface area contributed by atoms with E-state index in [0.717, 1.165) is 5.56 Å². The number of amides is 1. The van der Waals surface area contributed by atoms with Crippen LogP contribution in [-0.4, -0.2) is 72.5 Å². The van der Waals surface area contributed by atoms with Crippen molar-refractivity contribution < 1.29 is 23.1 Å². The fourth-order valence-electron chi connectivity index (χ4n) is 4.46. The summed E-state index contributed by atoms with van der Waals surface area (Å²) in [7, 11) is -2.33. The van der Waals surface area contributed by atoms with E-state index in [4.69, 9.17) is 4.74 Å². The third-order valence-corrected chi connectivity index (χ3v) is 8.74. The number of rotatable bonds is 6. The smallest absolute Gasteiger partial charge is 0.253 e. The van der Waals surface area contributed by atoms with E-state index in [9.17, 15) is 23.6 Å². The zero-order chi connectivity index (χ0) is 27.4. The molecule has 0 fully saturated rings. The third-order valence-electron chi connectivity index (χ3n) is 6.72. The summed E-state index contributed by atoms with van der Waals surface area (Å²) in [5, 5.41) is 19.1. The van der Waals surface area contributed by atoms with Gasteiger partial charge >= 0.3 is 0 Å². The van der Waals surface area contributed by atoms with Gasteiger partial charge in [-0.25, -0.2) is 8.42 Å². The molecule has 1 N–H and O–H groups in total. The number of pyridine rings is 1. The third kappa shape index (κ3) is 5.55. The monoisotopic (exact) mass is 534 g/mol. The van der Waals surface area contributed by atoms with Gasteiger partial charge in [0.05, 0.1) is 24.8 Å². The first-order valence-corrected chi connectivity index (χ1v) is 13.7. The first kappa shape index (κ1) is 27.3. The maximum atomic E-state index is 13.7. The topological polar surface area (TPSA) is 124 Å². The SMILES string of the molecule is C[C@@H]1CN([C@@H](C)CO)S(=O)(=O)c2ccc(-c3cccc(C#N)c3)cc2O[C@H]1CN(C)C(=O)c1ccncc1. The van der Waals surface area contributed by atoms with Crippen molar-refractivity contribution in [3.05, 3.63) is 78.1 Å². The van der Waals surface area contributed by atoms with E-state index >= 15 is 0 Å². The predicted octanol–water partition coefficient (Wildman–Crippen LogP) is 3.16. The second-order valence-electron chi connectivity index (χ2n) is 9.52. The lowest BCUT2D eigenvalue weighted by molar-refractivity contribution is 0.0564. The first-order valence-electron chi connectivity index (χ1n) is 12.2. The standard InChI is InChI=1S/C28H30N4O5S/c1-19-16-32(20(2)18-33)38(35,36)27-8-7-24(23-6-4-5-21(13-23)15-29)14-25(27)37-26(19)17-31(3)28(34)22-9-11-30-12-10-22/h4-14,19-20,26,33H,16-18H2,1-3H3/t19-,20+,26+/m1/s1. The number of carbonyl (C=O) groups excluding carboxylic acids is 1. The molecule has 0 saturated heterocycles. The van der Waals surface area contributed by atoms with E-state index in [0.29, 0.717) is 16.7 Å². The normalized spacial score (nSPS) is 19.7. The van der Waals surface area contributed by atoms with E-state index in [-0.39, 0.29) is 42.2 Å². The largest absolute Gasteiger partial charge is 0.487 e. The Morgan fingerprint density at radius 2 is 1.92 bits per heavy atom. The quantitative estimate of drug-likeness (QED) is 0.515. The van der Waals surface area contributed by atoms with Crippen molar-refractivity contribution in [3.63, 3.8) is 0 Å². The van der Waals surface area contributed by atoms with Crippen LogP contribution in [0.3, 0.4) is 0 Å². The highest BCUT2D eigenvalue weighted by Gasteiger charge is 2.38. The minimum atomic E-state index is -4.00. The molecule has 0 spiro atoms. The summed E-state index contributed by atoms with van der Waals surface area (Å²) < 4.78 is 35.1. The second-order valence-corrected chi connectivity index (χ2v) is 11.4. The molecular weight excluding hydrogens is 504 g/mol. The molecule has 0 aliphatic carbocycles. The number of carbonyl (C=O) groups is 1. The zero-order valence-electron chi connectivity index (χ0n) is 21.5. The predicted molar refractivity (Wildman–Crippen MR) is 142 cm³/mol. The molecule has 0 bridgehead atoms. The average Bonchev–Trinajstić information content (AvgIpc) is 2.94. The van der Waals surface area contributed by atoms with Gasteiger partial charge in [0.2, 0.25) is 10.0 Å². The van der Waals surface area contributed by atoms with E-state index in [1.54, 1.807) is 73.7 Å². The number of fused-ring (bicyclic) bond motifs is 1. The number of likely N-dealkylation sites (N-methyl/N-ethyl adjacent to an activating group) is 1. The molecule has 0 saturated carbocycles. The van der Waals surface area contributed by atoms with E-state index < -0.39 is 22.2 Å². The Hall–Kier alpha value is -3.78. The highest BCUT2D eigenvalue weighted by molar-refractivity contribution is 7.89. The molecule has 2 aromatic carbocycles. The molecular formula is C28H30N4O5S. The maximum absolute atomic E-state index is 13.7. The van der Waals surface area contributed by atoms with Gasteiger partial charge in [-0.1, -0.05) is 25.1 Å². The van der Waals surface area contributed by atoms with Gasteiger partial charge in [0.1, 0.15) is 16.7 Å². The second kappa shape index (κ2) is 11.3. The molecule has 10 heteroatoms. The zero-order valence-corrected chi connectivity index (χ0v) is 22.3. The molecule has 198 valence electrons. The summed E-state index contributed by atoms with van der Waals surface area (Å²) >= 11 is 0. The minimum absolute atomic E-state index is 0.0157. The van der Waals surface area contributed by atoms with E-state index in [2.05, 4.69) is 11.1 Å². The molecule has 1 aliphatic heterocycles. The van der Waals surface area contributed by atoms with Crippen LogP contribution < -0.4 is 4.74 Å². The highest BCUT2D eigenvalue weighted by atomic mass is 32.2. The number of aliphatic hydroxyl groups is 1. The summed E-state index contributed by atoms with van der Waals surface area (Å²) in [5.74, 6) is -0.368. The number of nitriles is 1. The Labute approximate surface area is 223 Å². The Balaban J connectivity index is 1.76. The van der Waals surface area contributed by atoms with Crippen LogP contribution in [-0.2, 0) is 10.0 Å². The summed E-state index contributed by atoms with van der Waals surface area (Å²) in [4.78, 5) is 18.5. The number of aromatic nitrogens is 1. The Morgan fingerprint density at radius 3 is 2.61 bits per heavy atom. The minimum Gasteiger partial charge on any atom is -0.487 e. The van der Waals surface area contributed by atoms with E-state index in [1.165, 1.54) is 10.4 Å². The van der Waals surface area contributed by atoms with Crippen molar-refractivity contribution >= 4 is 15.9 Å². The summed E-state index contributed by atoms with van der Waals surface area (Å²) in [6, 6.07) is 16.6. The van der Waals surface area contributed by atoms with Gasteiger partial charge in [-0.05, 0) is 54.4 Å². The van der Waals surface area contributed by atoms with Crippen LogP contribution in [0.15, 0.2) is 71.9 Å². The molecule has 3 atom stereocenters. The van der Waals surface area contributed by atoms with Crippen LogP contribution >= 0.6 is 0 Å². The lowest BCUT2D eigenvalue weighted by atomic mass is 10.0. The van der Waals surface area contributed by atoms with Crippen LogP contribution in [0, 0.1) is 17.2 Å². The molecule has 3 aromatic rings. The van der Waals surface area contributed by atoms with Gasteiger partial charge in [0, 0.05) is 43.5 Å². The molecule has 1 aliphatic rings. The van der Waals surface area contributed by atoms with Crippen LogP contribution in [0.2, 0.25) is 0 Å². The van der Waals surface area contributed by atoms with Crippen molar-refractivity contribution in [1.82, 2.24) is 14.2 Å². The van der Waals surface area contributed by atoms with Gasteiger partial charge in [-0.15, -0.1) is 0 Å². The Bertz CT molecular complexity index is 1460. The summed E-state index contributed by atoms with van der Waals surface area (Å²) in [6.45, 7) is 3.50.